The Kier molecular flexibility index (Phi) is 7.76. The molecular formula is C16H31N3. The third-order valence-electron chi connectivity index (χ3n) is 4.17. The van der Waals surface area contributed by atoms with Gasteiger partial charge in [-0.05, 0) is 31.1 Å². The van der Waals surface area contributed by atoms with Crippen molar-refractivity contribution in [3.05, 3.63) is 11.9 Å². The predicted molar refractivity (Wildman–Crippen MR) is 81.1 cm³/mol. The Bertz CT molecular complexity index is 330. The van der Waals surface area contributed by atoms with Gasteiger partial charge in [0.05, 0.1) is 11.9 Å². The number of hydrogen-bond acceptors (Lipinski definition) is 2. The minimum absolute atomic E-state index is 0.762. The molecule has 0 spiro atoms. The van der Waals surface area contributed by atoms with Crippen LogP contribution in [-0.2, 0) is 13.0 Å². The summed E-state index contributed by atoms with van der Waals surface area (Å²) >= 11 is 0. The van der Waals surface area contributed by atoms with Gasteiger partial charge in [-0.15, -0.1) is 5.10 Å². The van der Waals surface area contributed by atoms with Crippen LogP contribution in [0.5, 0.6) is 0 Å². The zero-order valence-corrected chi connectivity index (χ0v) is 13.2. The van der Waals surface area contributed by atoms with E-state index in [4.69, 9.17) is 0 Å². The van der Waals surface area contributed by atoms with E-state index in [1.807, 2.05) is 6.20 Å². The average molecular weight is 265 g/mol. The van der Waals surface area contributed by atoms with E-state index in [9.17, 15) is 0 Å². The number of aryl methyl sites for hydroxylation is 2. The molecule has 3 heteroatoms. The average Bonchev–Trinajstić information content (AvgIpc) is 2.83. The molecule has 110 valence electrons. The van der Waals surface area contributed by atoms with Crippen molar-refractivity contribution in [1.82, 2.24) is 15.0 Å². The molecule has 1 rings (SSSR count). The molecule has 1 aromatic heterocycles. The van der Waals surface area contributed by atoms with Gasteiger partial charge in [-0.1, -0.05) is 58.6 Å². The van der Waals surface area contributed by atoms with Crippen molar-refractivity contribution < 1.29 is 0 Å². The lowest BCUT2D eigenvalue weighted by atomic mass is 9.93. The second-order valence-electron chi connectivity index (χ2n) is 6.12. The largest absolute Gasteiger partial charge is 0.249 e. The van der Waals surface area contributed by atoms with E-state index in [1.165, 1.54) is 44.2 Å². The van der Waals surface area contributed by atoms with Crippen molar-refractivity contribution >= 4 is 0 Å². The maximum Gasteiger partial charge on any atom is 0.0725 e. The third-order valence-corrected chi connectivity index (χ3v) is 4.17. The zero-order valence-electron chi connectivity index (χ0n) is 13.2. The molecule has 1 atom stereocenters. The molecule has 0 aliphatic carbocycles. The summed E-state index contributed by atoms with van der Waals surface area (Å²) in [6.45, 7) is 10.2. The van der Waals surface area contributed by atoms with Gasteiger partial charge in [0.2, 0.25) is 0 Å². The summed E-state index contributed by atoms with van der Waals surface area (Å²) in [5.41, 5.74) is 1.31. The number of hydrogen-bond donors (Lipinski definition) is 0. The quantitative estimate of drug-likeness (QED) is 0.584. The molecule has 0 bridgehead atoms. The van der Waals surface area contributed by atoms with Gasteiger partial charge in [0.1, 0.15) is 0 Å². The lowest BCUT2D eigenvalue weighted by Crippen LogP contribution is -2.09. The Labute approximate surface area is 118 Å². The van der Waals surface area contributed by atoms with Crippen molar-refractivity contribution in [3.8, 4) is 0 Å². The summed E-state index contributed by atoms with van der Waals surface area (Å²) in [7, 11) is 0. The highest BCUT2D eigenvalue weighted by atomic mass is 15.4. The van der Waals surface area contributed by atoms with E-state index < -0.39 is 0 Å². The van der Waals surface area contributed by atoms with Crippen molar-refractivity contribution in [2.45, 2.75) is 79.2 Å². The first-order chi connectivity index (χ1) is 9.15. The maximum absolute atomic E-state index is 4.22. The number of rotatable bonds is 10. The first-order valence-electron chi connectivity index (χ1n) is 8.02. The van der Waals surface area contributed by atoms with Crippen LogP contribution < -0.4 is 0 Å². The van der Waals surface area contributed by atoms with Crippen LogP contribution in [0, 0.1) is 11.8 Å². The van der Waals surface area contributed by atoms with E-state index in [-0.39, 0.29) is 0 Å². The van der Waals surface area contributed by atoms with Crippen molar-refractivity contribution in [2.24, 2.45) is 11.8 Å². The van der Waals surface area contributed by atoms with Gasteiger partial charge < -0.3 is 0 Å². The molecule has 0 fully saturated rings. The molecule has 0 saturated carbocycles. The summed E-state index contributed by atoms with van der Waals surface area (Å²) in [5, 5.41) is 8.30. The minimum atomic E-state index is 0.762. The molecule has 0 aliphatic heterocycles. The van der Waals surface area contributed by atoms with Gasteiger partial charge in [0, 0.05) is 6.54 Å². The maximum atomic E-state index is 4.22. The predicted octanol–water partition coefficient (Wildman–Crippen LogP) is 4.47. The summed E-state index contributed by atoms with van der Waals surface area (Å²) in [4.78, 5) is 0. The van der Waals surface area contributed by atoms with Gasteiger partial charge in [0.25, 0.3) is 0 Å². The number of nitrogens with zero attached hydrogens (tertiary/aromatic N) is 3. The molecular weight excluding hydrogens is 234 g/mol. The standard InChI is InChI=1S/C16H31N3/c1-5-6-7-8-9-12-19-16(13-17-18-19)11-10-15(4)14(2)3/h13-15H,5-12H2,1-4H3. The first kappa shape index (κ1) is 16.2. The van der Waals surface area contributed by atoms with Crippen LogP contribution in [0.2, 0.25) is 0 Å². The van der Waals surface area contributed by atoms with Crippen molar-refractivity contribution in [1.29, 1.82) is 0 Å². The van der Waals surface area contributed by atoms with Gasteiger partial charge in [0.15, 0.2) is 0 Å². The molecule has 0 N–H and O–H groups in total. The van der Waals surface area contributed by atoms with Gasteiger partial charge in [-0.3, -0.25) is 0 Å². The first-order valence-corrected chi connectivity index (χ1v) is 8.02. The minimum Gasteiger partial charge on any atom is -0.249 e. The second kappa shape index (κ2) is 9.11. The fourth-order valence-electron chi connectivity index (χ4n) is 2.23. The molecule has 19 heavy (non-hydrogen) atoms. The lowest BCUT2D eigenvalue weighted by molar-refractivity contribution is 0.386. The summed E-state index contributed by atoms with van der Waals surface area (Å²) in [6.07, 6.45) is 10.9. The molecule has 0 aliphatic rings. The van der Waals surface area contributed by atoms with Crippen LogP contribution in [0.15, 0.2) is 6.20 Å². The van der Waals surface area contributed by atoms with Gasteiger partial charge in [-0.2, -0.15) is 0 Å². The number of aromatic nitrogens is 3. The molecule has 1 unspecified atom stereocenters. The highest BCUT2D eigenvalue weighted by Crippen LogP contribution is 2.17. The molecule has 0 amide bonds. The molecule has 1 heterocycles. The highest BCUT2D eigenvalue weighted by Gasteiger charge is 2.10. The third kappa shape index (κ3) is 6.22. The Balaban J connectivity index is 2.30. The van der Waals surface area contributed by atoms with Crippen LogP contribution in [0.3, 0.4) is 0 Å². The Hall–Kier alpha value is -0.860. The molecule has 1 aromatic rings. The number of unbranched alkanes of at least 4 members (excludes halogenated alkanes) is 4. The smallest absolute Gasteiger partial charge is 0.0725 e. The lowest BCUT2D eigenvalue weighted by Gasteiger charge is -2.15. The molecule has 0 radical (unpaired) electrons. The monoisotopic (exact) mass is 265 g/mol. The van der Waals surface area contributed by atoms with E-state index in [2.05, 4.69) is 42.7 Å². The molecule has 0 saturated heterocycles. The van der Waals surface area contributed by atoms with Crippen LogP contribution >= 0.6 is 0 Å². The van der Waals surface area contributed by atoms with Crippen molar-refractivity contribution in [2.75, 3.05) is 0 Å². The second-order valence-corrected chi connectivity index (χ2v) is 6.12. The van der Waals surface area contributed by atoms with Gasteiger partial charge in [-0.25, -0.2) is 4.68 Å². The normalized spacial score (nSPS) is 13.1. The van der Waals surface area contributed by atoms with Gasteiger partial charge >= 0.3 is 0 Å². The van der Waals surface area contributed by atoms with Crippen LogP contribution in [0.25, 0.3) is 0 Å². The Morgan fingerprint density at radius 2 is 1.84 bits per heavy atom. The van der Waals surface area contributed by atoms with E-state index in [1.54, 1.807) is 0 Å². The Morgan fingerprint density at radius 3 is 2.53 bits per heavy atom. The molecule has 3 nitrogen and oxygen atoms in total. The zero-order chi connectivity index (χ0) is 14.1. The van der Waals surface area contributed by atoms with E-state index in [0.29, 0.717) is 0 Å². The summed E-state index contributed by atoms with van der Waals surface area (Å²) in [5.74, 6) is 1.53. The highest BCUT2D eigenvalue weighted by molar-refractivity contribution is 4.94. The topological polar surface area (TPSA) is 30.7 Å². The van der Waals surface area contributed by atoms with Crippen LogP contribution in [0.1, 0.15) is 71.9 Å². The fourth-order valence-corrected chi connectivity index (χ4v) is 2.23. The van der Waals surface area contributed by atoms with Crippen molar-refractivity contribution in [3.63, 3.8) is 0 Å². The van der Waals surface area contributed by atoms with E-state index >= 15 is 0 Å². The summed E-state index contributed by atoms with van der Waals surface area (Å²) < 4.78 is 2.11. The molecule has 0 aromatic carbocycles. The Morgan fingerprint density at radius 1 is 1.11 bits per heavy atom. The van der Waals surface area contributed by atoms with Crippen LogP contribution in [0.4, 0.5) is 0 Å². The summed E-state index contributed by atoms with van der Waals surface area (Å²) in [6, 6.07) is 0. The van der Waals surface area contributed by atoms with Crippen LogP contribution in [-0.4, -0.2) is 15.0 Å². The SMILES string of the molecule is CCCCCCCn1nncc1CCC(C)C(C)C. The van der Waals surface area contributed by atoms with E-state index in [0.717, 1.165) is 24.8 Å². The fraction of sp³-hybridized carbons (Fsp3) is 0.875.